The Balaban J connectivity index is 2.09. The molecule has 0 bridgehead atoms. The molecule has 0 saturated heterocycles. The van der Waals surface area contributed by atoms with Crippen molar-refractivity contribution in [3.05, 3.63) is 12.7 Å². The van der Waals surface area contributed by atoms with Gasteiger partial charge in [0, 0.05) is 5.54 Å². The summed E-state index contributed by atoms with van der Waals surface area (Å²) in [5.74, 6) is 0. The maximum atomic E-state index is 5.78. The Kier molecular flexibility index (Phi) is 1.39. The zero-order valence-corrected chi connectivity index (χ0v) is 5.19. The highest BCUT2D eigenvalue weighted by atomic mass is 14.8. The highest BCUT2D eigenvalue weighted by Gasteiger charge is 2.36. The fourth-order valence-corrected chi connectivity index (χ4v) is 0.800. The highest BCUT2D eigenvalue weighted by Crippen LogP contribution is 2.36. The molecule has 1 aliphatic rings. The normalized spacial score (nSPS) is 22.6. The molecule has 0 aromatic carbocycles. The van der Waals surface area contributed by atoms with Crippen LogP contribution in [0.5, 0.6) is 0 Å². The number of hydrogen-bond donors (Lipinski definition) is 1. The van der Waals surface area contributed by atoms with Crippen LogP contribution in [0.15, 0.2) is 12.7 Å². The Hall–Kier alpha value is -0.300. The summed E-state index contributed by atoms with van der Waals surface area (Å²) in [5.41, 5.74) is 6.02. The van der Waals surface area contributed by atoms with Gasteiger partial charge in [0.05, 0.1) is 0 Å². The van der Waals surface area contributed by atoms with Crippen molar-refractivity contribution < 1.29 is 0 Å². The van der Waals surface area contributed by atoms with Crippen LogP contribution >= 0.6 is 0 Å². The van der Waals surface area contributed by atoms with Gasteiger partial charge in [0.2, 0.25) is 0 Å². The van der Waals surface area contributed by atoms with E-state index in [1.54, 1.807) is 0 Å². The van der Waals surface area contributed by atoms with Crippen LogP contribution in [0.25, 0.3) is 0 Å². The van der Waals surface area contributed by atoms with Gasteiger partial charge in [0.25, 0.3) is 0 Å². The second-order valence-electron chi connectivity index (χ2n) is 2.69. The van der Waals surface area contributed by atoms with Crippen molar-refractivity contribution in [1.29, 1.82) is 0 Å². The standard InChI is InChI=1S/C7H13N/c1-2-3-4-7(8)5-6-7/h2H,1,3-6,8H2. The first-order chi connectivity index (χ1) is 3.77. The maximum absolute atomic E-state index is 5.78. The summed E-state index contributed by atoms with van der Waals surface area (Å²) in [6.45, 7) is 3.64. The van der Waals surface area contributed by atoms with Crippen molar-refractivity contribution in [3.63, 3.8) is 0 Å². The average Bonchev–Trinajstić information content (AvgIpc) is 2.45. The zero-order chi connectivity index (χ0) is 6.04. The molecule has 46 valence electrons. The quantitative estimate of drug-likeness (QED) is 0.548. The number of rotatable bonds is 3. The Labute approximate surface area is 50.6 Å². The smallest absolute Gasteiger partial charge is 0.0158 e. The molecular formula is C7H13N. The topological polar surface area (TPSA) is 26.0 Å². The van der Waals surface area contributed by atoms with Crippen LogP contribution in [0.3, 0.4) is 0 Å². The minimum Gasteiger partial charge on any atom is -0.325 e. The Morgan fingerprint density at radius 2 is 2.25 bits per heavy atom. The average molecular weight is 111 g/mol. The first kappa shape index (κ1) is 5.83. The fourth-order valence-electron chi connectivity index (χ4n) is 0.800. The number of hydrogen-bond acceptors (Lipinski definition) is 1. The highest BCUT2D eigenvalue weighted by molar-refractivity contribution is 4.99. The van der Waals surface area contributed by atoms with Crippen molar-refractivity contribution in [2.75, 3.05) is 0 Å². The van der Waals surface area contributed by atoms with Gasteiger partial charge in [-0.2, -0.15) is 0 Å². The predicted octanol–water partition coefficient (Wildman–Crippen LogP) is 1.44. The molecule has 0 heterocycles. The molecular weight excluding hydrogens is 98.1 g/mol. The lowest BCUT2D eigenvalue weighted by atomic mass is 10.1. The molecule has 0 radical (unpaired) electrons. The minimum absolute atomic E-state index is 0.230. The summed E-state index contributed by atoms with van der Waals surface area (Å²) < 4.78 is 0. The van der Waals surface area contributed by atoms with Gasteiger partial charge in [-0.25, -0.2) is 0 Å². The zero-order valence-electron chi connectivity index (χ0n) is 5.19. The summed E-state index contributed by atoms with van der Waals surface area (Å²) in [7, 11) is 0. The van der Waals surface area contributed by atoms with Crippen molar-refractivity contribution >= 4 is 0 Å². The minimum atomic E-state index is 0.230. The van der Waals surface area contributed by atoms with Crippen LogP contribution in [0, 0.1) is 0 Å². The molecule has 1 nitrogen and oxygen atoms in total. The van der Waals surface area contributed by atoms with Crippen LogP contribution in [-0.2, 0) is 0 Å². The second kappa shape index (κ2) is 1.90. The summed E-state index contributed by atoms with van der Waals surface area (Å²) in [6, 6.07) is 0. The van der Waals surface area contributed by atoms with Gasteiger partial charge in [0.1, 0.15) is 0 Å². The molecule has 0 atom stereocenters. The van der Waals surface area contributed by atoms with E-state index in [2.05, 4.69) is 6.58 Å². The summed E-state index contributed by atoms with van der Waals surface area (Å²) in [6.07, 6.45) is 6.60. The van der Waals surface area contributed by atoms with E-state index < -0.39 is 0 Å². The van der Waals surface area contributed by atoms with Gasteiger partial charge in [-0.1, -0.05) is 6.08 Å². The van der Waals surface area contributed by atoms with Gasteiger partial charge in [-0.05, 0) is 25.7 Å². The molecule has 0 aromatic heterocycles. The van der Waals surface area contributed by atoms with Crippen molar-refractivity contribution in [3.8, 4) is 0 Å². The van der Waals surface area contributed by atoms with Crippen molar-refractivity contribution in [2.24, 2.45) is 5.73 Å². The van der Waals surface area contributed by atoms with Gasteiger partial charge in [0.15, 0.2) is 0 Å². The van der Waals surface area contributed by atoms with Crippen LogP contribution in [-0.4, -0.2) is 5.54 Å². The first-order valence-corrected chi connectivity index (χ1v) is 3.17. The van der Waals surface area contributed by atoms with Crippen LogP contribution in [0.2, 0.25) is 0 Å². The summed E-state index contributed by atoms with van der Waals surface area (Å²) >= 11 is 0. The number of allylic oxidation sites excluding steroid dienone is 1. The van der Waals surface area contributed by atoms with Crippen LogP contribution in [0.1, 0.15) is 25.7 Å². The molecule has 0 aliphatic heterocycles. The molecule has 8 heavy (non-hydrogen) atoms. The second-order valence-corrected chi connectivity index (χ2v) is 2.69. The van der Waals surface area contributed by atoms with Crippen molar-refractivity contribution in [1.82, 2.24) is 0 Å². The van der Waals surface area contributed by atoms with Gasteiger partial charge in [-0.15, -0.1) is 6.58 Å². The third-order valence-corrected chi connectivity index (χ3v) is 1.74. The third-order valence-electron chi connectivity index (χ3n) is 1.74. The SMILES string of the molecule is C=CCCC1(N)CC1. The molecule has 0 spiro atoms. The van der Waals surface area contributed by atoms with Crippen molar-refractivity contribution in [2.45, 2.75) is 31.2 Å². The van der Waals surface area contributed by atoms with Crippen LogP contribution < -0.4 is 5.73 Å². The molecule has 2 N–H and O–H groups in total. The maximum Gasteiger partial charge on any atom is 0.0158 e. The van der Waals surface area contributed by atoms with E-state index in [9.17, 15) is 0 Å². The molecule has 1 saturated carbocycles. The van der Waals surface area contributed by atoms with E-state index in [1.165, 1.54) is 12.8 Å². The lowest BCUT2D eigenvalue weighted by molar-refractivity contribution is 0.618. The predicted molar refractivity (Wildman–Crippen MR) is 35.6 cm³/mol. The Morgan fingerprint density at radius 1 is 1.62 bits per heavy atom. The largest absolute Gasteiger partial charge is 0.325 e. The molecule has 1 aliphatic carbocycles. The Bertz CT molecular complexity index is 92.6. The fraction of sp³-hybridized carbons (Fsp3) is 0.714. The molecule has 0 amide bonds. The van der Waals surface area contributed by atoms with E-state index in [4.69, 9.17) is 5.73 Å². The van der Waals surface area contributed by atoms with E-state index >= 15 is 0 Å². The van der Waals surface area contributed by atoms with Gasteiger partial charge in [-0.3, -0.25) is 0 Å². The Morgan fingerprint density at radius 3 is 2.62 bits per heavy atom. The molecule has 1 fully saturated rings. The third kappa shape index (κ3) is 1.34. The lowest BCUT2D eigenvalue weighted by Gasteiger charge is -2.02. The molecule has 0 unspecified atom stereocenters. The first-order valence-electron chi connectivity index (χ1n) is 3.17. The van der Waals surface area contributed by atoms with E-state index in [0.717, 1.165) is 12.8 Å². The molecule has 0 aromatic rings. The molecule has 1 rings (SSSR count). The van der Waals surface area contributed by atoms with E-state index in [1.807, 2.05) is 6.08 Å². The molecule has 1 heteroatoms. The number of nitrogens with two attached hydrogens (primary N) is 1. The van der Waals surface area contributed by atoms with Gasteiger partial charge < -0.3 is 5.73 Å². The lowest BCUT2D eigenvalue weighted by Crippen LogP contribution is -2.20. The monoisotopic (exact) mass is 111 g/mol. The summed E-state index contributed by atoms with van der Waals surface area (Å²) in [4.78, 5) is 0. The van der Waals surface area contributed by atoms with Crippen LogP contribution in [0.4, 0.5) is 0 Å². The van der Waals surface area contributed by atoms with Gasteiger partial charge >= 0.3 is 0 Å². The van der Waals surface area contributed by atoms with E-state index in [0.29, 0.717) is 0 Å². The summed E-state index contributed by atoms with van der Waals surface area (Å²) in [5, 5.41) is 0. The van der Waals surface area contributed by atoms with E-state index in [-0.39, 0.29) is 5.54 Å².